The van der Waals surface area contributed by atoms with Gasteiger partial charge >= 0.3 is 0 Å². The van der Waals surface area contributed by atoms with Gasteiger partial charge in [-0.2, -0.15) is 10.4 Å². The van der Waals surface area contributed by atoms with Crippen LogP contribution in [0.5, 0.6) is 0 Å². The summed E-state index contributed by atoms with van der Waals surface area (Å²) in [6.07, 6.45) is 1.70. The molecule has 0 aliphatic heterocycles. The molecular weight excluding hydrogens is 468 g/mol. The van der Waals surface area contributed by atoms with Gasteiger partial charge in [-0.15, -0.1) is 11.3 Å². The number of hydrogen-bond acceptors (Lipinski definition) is 7. The van der Waals surface area contributed by atoms with Crippen molar-refractivity contribution in [1.29, 1.82) is 5.26 Å². The number of primary amides is 1. The minimum Gasteiger partial charge on any atom is -0.365 e. The number of amides is 1. The number of thiazole rings is 1. The Bertz CT molecular complexity index is 1770. The second-order valence-corrected chi connectivity index (χ2v) is 9.46. The number of aryl methyl sites for hydroxylation is 1. The van der Waals surface area contributed by atoms with Gasteiger partial charge in [0.2, 0.25) is 4.96 Å². The third-order valence-corrected chi connectivity index (χ3v) is 6.98. The van der Waals surface area contributed by atoms with E-state index in [2.05, 4.69) is 5.10 Å². The van der Waals surface area contributed by atoms with Crippen LogP contribution in [0.2, 0.25) is 0 Å². The number of carbonyl (C=O) groups excluding carboxylic acids is 1. The molecule has 0 unspecified atom stereocenters. The minimum atomic E-state index is -0.896. The van der Waals surface area contributed by atoms with E-state index in [4.69, 9.17) is 10.7 Å². The lowest BCUT2D eigenvalue weighted by atomic mass is 10.1. The number of fused-ring (bicyclic) bond motifs is 1. The van der Waals surface area contributed by atoms with Crippen molar-refractivity contribution in [2.24, 2.45) is 5.73 Å². The first-order valence-electron chi connectivity index (χ1n) is 10.1. The van der Waals surface area contributed by atoms with E-state index in [1.165, 1.54) is 15.9 Å². The fourth-order valence-corrected chi connectivity index (χ4v) is 5.43. The van der Waals surface area contributed by atoms with Crippen LogP contribution in [0.3, 0.4) is 0 Å². The molecule has 166 valence electrons. The molecule has 3 heterocycles. The summed E-state index contributed by atoms with van der Waals surface area (Å²) in [7, 11) is 0. The lowest BCUT2D eigenvalue weighted by molar-refractivity contribution is -0.112. The van der Waals surface area contributed by atoms with E-state index in [1.807, 2.05) is 49.4 Å². The molecule has 5 rings (SSSR count). The normalized spacial score (nSPS) is 12.6. The zero-order valence-corrected chi connectivity index (χ0v) is 19.4. The highest BCUT2D eigenvalue weighted by Crippen LogP contribution is 2.27. The lowest BCUT2D eigenvalue weighted by Crippen LogP contribution is -2.32. The van der Waals surface area contributed by atoms with Gasteiger partial charge in [0.1, 0.15) is 15.7 Å². The van der Waals surface area contributed by atoms with E-state index in [9.17, 15) is 14.9 Å². The Morgan fingerprint density at radius 3 is 2.41 bits per heavy atom. The SMILES string of the molecule is Cc1nn2c(C=c3sc(=C(C#N)C(N)=O)n(-c4ccccc4)c3=O)c(-c3ccccc3)nc2s1. The van der Waals surface area contributed by atoms with E-state index in [1.54, 1.807) is 34.9 Å². The summed E-state index contributed by atoms with van der Waals surface area (Å²) in [6, 6.07) is 20.3. The number of nitriles is 1. The van der Waals surface area contributed by atoms with Crippen LogP contribution >= 0.6 is 22.7 Å². The number of aromatic nitrogens is 4. The molecule has 10 heteroatoms. The van der Waals surface area contributed by atoms with Gasteiger partial charge in [0, 0.05) is 5.56 Å². The Morgan fingerprint density at radius 1 is 1.09 bits per heavy atom. The first kappa shape index (κ1) is 21.5. The first-order valence-corrected chi connectivity index (χ1v) is 11.8. The highest BCUT2D eigenvalue weighted by molar-refractivity contribution is 7.16. The summed E-state index contributed by atoms with van der Waals surface area (Å²) in [4.78, 5) is 31.0. The van der Waals surface area contributed by atoms with Gasteiger partial charge in [0.15, 0.2) is 5.57 Å². The zero-order chi connectivity index (χ0) is 23.8. The fourth-order valence-electron chi connectivity index (χ4n) is 3.59. The van der Waals surface area contributed by atoms with Crippen LogP contribution < -0.4 is 20.5 Å². The van der Waals surface area contributed by atoms with Crippen molar-refractivity contribution < 1.29 is 4.79 Å². The Balaban J connectivity index is 1.89. The largest absolute Gasteiger partial charge is 0.365 e. The maximum absolute atomic E-state index is 13.6. The topological polar surface area (TPSA) is 119 Å². The van der Waals surface area contributed by atoms with Crippen molar-refractivity contribution in [1.82, 2.24) is 19.2 Å². The predicted molar refractivity (Wildman–Crippen MR) is 132 cm³/mol. The molecule has 8 nitrogen and oxygen atoms in total. The summed E-state index contributed by atoms with van der Waals surface area (Å²) in [6.45, 7) is 1.89. The molecule has 0 saturated heterocycles. The summed E-state index contributed by atoms with van der Waals surface area (Å²) in [5, 5.41) is 15.0. The Kier molecular flexibility index (Phi) is 5.41. The Morgan fingerprint density at radius 2 is 1.76 bits per heavy atom. The van der Waals surface area contributed by atoms with Gasteiger partial charge in [-0.05, 0) is 25.1 Å². The van der Waals surface area contributed by atoms with Crippen LogP contribution in [0.1, 0.15) is 10.7 Å². The number of carbonyl (C=O) groups is 1. The second-order valence-electron chi connectivity index (χ2n) is 7.27. The third-order valence-electron chi connectivity index (χ3n) is 5.06. The highest BCUT2D eigenvalue weighted by Gasteiger charge is 2.18. The van der Waals surface area contributed by atoms with E-state index in [0.717, 1.165) is 21.9 Å². The van der Waals surface area contributed by atoms with Gasteiger partial charge in [0.05, 0.1) is 21.6 Å². The maximum Gasteiger partial charge on any atom is 0.273 e. The number of nitrogens with two attached hydrogens (primary N) is 1. The predicted octanol–water partition coefficient (Wildman–Crippen LogP) is 1.97. The molecule has 0 radical (unpaired) electrons. The number of para-hydroxylation sites is 1. The van der Waals surface area contributed by atoms with Gasteiger partial charge in [-0.3, -0.25) is 14.2 Å². The molecule has 34 heavy (non-hydrogen) atoms. The number of rotatable bonds is 4. The van der Waals surface area contributed by atoms with Crippen molar-refractivity contribution in [3.63, 3.8) is 0 Å². The van der Waals surface area contributed by atoms with Crippen LogP contribution in [0.15, 0.2) is 65.5 Å². The molecule has 0 saturated carbocycles. The molecule has 1 amide bonds. The molecule has 0 bridgehead atoms. The maximum atomic E-state index is 13.6. The average Bonchev–Trinajstić information content (AvgIpc) is 3.46. The van der Waals surface area contributed by atoms with Crippen LogP contribution in [0, 0.1) is 18.3 Å². The standard InChI is InChI=1S/C24H16N6O2S2/c1-14-28-30-18(20(27-24(30)33-14)15-8-4-2-5-9-15)12-19-22(32)29(16-10-6-3-7-11-16)23(34-19)17(13-25)21(26)31/h2-12H,1H3,(H2,26,31). The van der Waals surface area contributed by atoms with Crippen molar-refractivity contribution >= 4 is 45.2 Å². The fraction of sp³-hybridized carbons (Fsp3) is 0.0417. The molecule has 0 spiro atoms. The van der Waals surface area contributed by atoms with Gasteiger partial charge in [0.25, 0.3) is 11.5 Å². The molecule has 0 atom stereocenters. The van der Waals surface area contributed by atoms with Crippen molar-refractivity contribution in [2.45, 2.75) is 6.92 Å². The summed E-state index contributed by atoms with van der Waals surface area (Å²) in [5.41, 5.74) is 7.52. The van der Waals surface area contributed by atoms with E-state index < -0.39 is 5.91 Å². The molecule has 0 aliphatic rings. The zero-order valence-electron chi connectivity index (χ0n) is 17.8. The Labute approximate surface area is 200 Å². The quantitative estimate of drug-likeness (QED) is 0.418. The van der Waals surface area contributed by atoms with Crippen LogP contribution in [-0.2, 0) is 4.79 Å². The monoisotopic (exact) mass is 484 g/mol. The lowest BCUT2D eigenvalue weighted by Gasteiger charge is -2.01. The van der Waals surface area contributed by atoms with Gasteiger partial charge in [-0.1, -0.05) is 59.9 Å². The smallest absolute Gasteiger partial charge is 0.273 e. The van der Waals surface area contributed by atoms with Gasteiger partial charge in [-0.25, -0.2) is 9.50 Å². The molecule has 5 aromatic rings. The number of hydrogen-bond donors (Lipinski definition) is 1. The Hall–Kier alpha value is -4.33. The molecule has 2 aromatic carbocycles. The number of imidazole rings is 1. The van der Waals surface area contributed by atoms with Crippen LogP contribution in [0.4, 0.5) is 0 Å². The molecule has 2 N–H and O–H groups in total. The van der Waals surface area contributed by atoms with E-state index >= 15 is 0 Å². The summed E-state index contributed by atoms with van der Waals surface area (Å²) in [5.74, 6) is -0.896. The minimum absolute atomic E-state index is 0.175. The van der Waals surface area contributed by atoms with Crippen molar-refractivity contribution in [3.05, 3.63) is 90.9 Å². The van der Waals surface area contributed by atoms with E-state index in [0.29, 0.717) is 26.6 Å². The number of nitrogens with zero attached hydrogens (tertiary/aromatic N) is 5. The average molecular weight is 485 g/mol. The van der Waals surface area contributed by atoms with Crippen LogP contribution in [0.25, 0.3) is 33.6 Å². The van der Waals surface area contributed by atoms with Gasteiger partial charge < -0.3 is 5.73 Å². The highest BCUT2D eigenvalue weighted by atomic mass is 32.1. The summed E-state index contributed by atoms with van der Waals surface area (Å²) < 4.78 is 3.54. The first-order chi connectivity index (χ1) is 16.5. The molecular formula is C24H16N6O2S2. The second kappa shape index (κ2) is 8.55. The molecule has 3 aromatic heterocycles. The van der Waals surface area contributed by atoms with Crippen molar-refractivity contribution in [2.75, 3.05) is 0 Å². The summed E-state index contributed by atoms with van der Waals surface area (Å²) >= 11 is 2.48. The van der Waals surface area contributed by atoms with E-state index in [-0.39, 0.29) is 15.8 Å². The van der Waals surface area contributed by atoms with Crippen LogP contribution in [-0.4, -0.2) is 25.1 Å². The number of benzene rings is 2. The molecule has 0 aliphatic carbocycles. The van der Waals surface area contributed by atoms with Crippen molar-refractivity contribution in [3.8, 4) is 23.0 Å². The third kappa shape index (κ3) is 3.63. The molecule has 0 fully saturated rings.